The lowest BCUT2D eigenvalue weighted by Gasteiger charge is -2.02. The van der Waals surface area contributed by atoms with Gasteiger partial charge in [-0.1, -0.05) is 69.7 Å². The topological polar surface area (TPSA) is 42.2 Å². The summed E-state index contributed by atoms with van der Waals surface area (Å²) in [5.41, 5.74) is 2.35. The standard InChI is InChI=1S/C18H15BrN4S/c19-15-8-6-14(7-9-15)17-21-22-18-23(17)12-16(24-18)11-20-10-13-4-2-1-3-5-13/h1-9,12,20H,10-11H2. The normalized spacial score (nSPS) is 11.2. The number of aromatic nitrogens is 3. The van der Waals surface area contributed by atoms with Crippen LogP contribution in [-0.2, 0) is 13.1 Å². The fourth-order valence-electron chi connectivity index (χ4n) is 2.55. The second kappa shape index (κ2) is 6.84. The SMILES string of the molecule is Brc1ccc(-c2nnc3sc(CNCc4ccccc4)cn23)cc1. The van der Waals surface area contributed by atoms with E-state index in [9.17, 15) is 0 Å². The van der Waals surface area contributed by atoms with E-state index in [1.54, 1.807) is 11.3 Å². The predicted octanol–water partition coefficient (Wildman–Crippen LogP) is 4.51. The first-order chi connectivity index (χ1) is 11.8. The Balaban J connectivity index is 1.50. The third-order valence-electron chi connectivity index (χ3n) is 3.73. The predicted molar refractivity (Wildman–Crippen MR) is 101 cm³/mol. The molecule has 4 nitrogen and oxygen atoms in total. The van der Waals surface area contributed by atoms with Crippen molar-refractivity contribution < 1.29 is 0 Å². The molecule has 4 aromatic rings. The molecule has 2 heterocycles. The van der Waals surface area contributed by atoms with Crippen molar-refractivity contribution >= 4 is 32.2 Å². The summed E-state index contributed by atoms with van der Waals surface area (Å²) in [5, 5.41) is 12.1. The molecule has 0 radical (unpaired) electrons. The summed E-state index contributed by atoms with van der Waals surface area (Å²) in [5.74, 6) is 0.878. The minimum absolute atomic E-state index is 0.822. The van der Waals surface area contributed by atoms with Gasteiger partial charge < -0.3 is 5.32 Å². The van der Waals surface area contributed by atoms with Crippen molar-refractivity contribution in [3.8, 4) is 11.4 Å². The Bertz CT molecular complexity index is 944. The van der Waals surface area contributed by atoms with Gasteiger partial charge in [0.1, 0.15) is 0 Å². The Morgan fingerprint density at radius 3 is 2.54 bits per heavy atom. The number of rotatable bonds is 5. The Labute approximate surface area is 152 Å². The molecule has 0 aliphatic rings. The quantitative estimate of drug-likeness (QED) is 0.537. The molecule has 120 valence electrons. The number of nitrogens with one attached hydrogen (secondary N) is 1. The summed E-state index contributed by atoms with van der Waals surface area (Å²) >= 11 is 5.13. The Kier molecular flexibility index (Phi) is 4.42. The highest BCUT2D eigenvalue weighted by Crippen LogP contribution is 2.25. The highest BCUT2D eigenvalue weighted by Gasteiger charge is 2.11. The molecular weight excluding hydrogens is 384 g/mol. The average molecular weight is 399 g/mol. The van der Waals surface area contributed by atoms with Crippen molar-refractivity contribution in [3.05, 3.63) is 75.7 Å². The van der Waals surface area contributed by atoms with Gasteiger partial charge in [0.05, 0.1) is 0 Å². The molecule has 0 aliphatic heterocycles. The molecule has 6 heteroatoms. The summed E-state index contributed by atoms with van der Waals surface area (Å²) in [7, 11) is 0. The Hall–Kier alpha value is -2.02. The largest absolute Gasteiger partial charge is 0.308 e. The van der Waals surface area contributed by atoms with E-state index in [-0.39, 0.29) is 0 Å². The molecule has 2 aromatic carbocycles. The summed E-state index contributed by atoms with van der Waals surface area (Å²) in [6.45, 7) is 1.68. The molecular formula is C18H15BrN4S. The first kappa shape index (κ1) is 15.5. The van der Waals surface area contributed by atoms with Crippen LogP contribution in [0.25, 0.3) is 16.3 Å². The van der Waals surface area contributed by atoms with Gasteiger partial charge in [0.2, 0.25) is 4.96 Å². The van der Waals surface area contributed by atoms with E-state index in [1.807, 2.05) is 30.3 Å². The monoisotopic (exact) mass is 398 g/mol. The van der Waals surface area contributed by atoms with Crippen molar-refractivity contribution in [1.82, 2.24) is 19.9 Å². The zero-order valence-electron chi connectivity index (χ0n) is 12.8. The van der Waals surface area contributed by atoms with Gasteiger partial charge in [0.25, 0.3) is 0 Å². The van der Waals surface area contributed by atoms with Gasteiger partial charge in [-0.2, -0.15) is 0 Å². The van der Waals surface area contributed by atoms with E-state index < -0.39 is 0 Å². The number of hydrogen-bond donors (Lipinski definition) is 1. The third-order valence-corrected chi connectivity index (χ3v) is 5.24. The third kappa shape index (κ3) is 3.26. The molecule has 0 unspecified atom stereocenters. The molecule has 0 spiro atoms. The molecule has 2 aromatic heterocycles. The second-order valence-electron chi connectivity index (χ2n) is 5.47. The Morgan fingerprint density at radius 2 is 1.75 bits per heavy atom. The van der Waals surface area contributed by atoms with Gasteiger partial charge in [-0.05, 0) is 17.7 Å². The minimum atomic E-state index is 0.822. The fourth-order valence-corrected chi connectivity index (χ4v) is 3.70. The van der Waals surface area contributed by atoms with Crippen LogP contribution >= 0.6 is 27.3 Å². The molecule has 0 fully saturated rings. The molecule has 0 amide bonds. The number of thiazole rings is 1. The smallest absolute Gasteiger partial charge is 0.216 e. The van der Waals surface area contributed by atoms with Gasteiger partial charge >= 0.3 is 0 Å². The second-order valence-corrected chi connectivity index (χ2v) is 7.48. The van der Waals surface area contributed by atoms with Crippen LogP contribution in [0.2, 0.25) is 0 Å². The van der Waals surface area contributed by atoms with Crippen LogP contribution in [0.15, 0.2) is 65.3 Å². The minimum Gasteiger partial charge on any atom is -0.308 e. The molecule has 0 aliphatic carbocycles. The van der Waals surface area contributed by atoms with E-state index in [4.69, 9.17) is 0 Å². The van der Waals surface area contributed by atoms with Crippen LogP contribution in [0.1, 0.15) is 10.4 Å². The van der Waals surface area contributed by atoms with E-state index in [1.165, 1.54) is 10.4 Å². The average Bonchev–Trinajstić information content (AvgIpc) is 3.17. The molecule has 24 heavy (non-hydrogen) atoms. The lowest BCUT2D eigenvalue weighted by Crippen LogP contribution is -2.11. The number of hydrogen-bond acceptors (Lipinski definition) is 4. The first-order valence-electron chi connectivity index (χ1n) is 7.63. The van der Waals surface area contributed by atoms with Gasteiger partial charge in [-0.15, -0.1) is 10.2 Å². The van der Waals surface area contributed by atoms with Crippen LogP contribution in [0.4, 0.5) is 0 Å². The molecule has 0 bridgehead atoms. The maximum atomic E-state index is 4.31. The number of halogens is 1. The van der Waals surface area contributed by atoms with E-state index >= 15 is 0 Å². The number of benzene rings is 2. The number of nitrogens with zero attached hydrogens (tertiary/aromatic N) is 3. The van der Waals surface area contributed by atoms with Crippen molar-refractivity contribution in [2.75, 3.05) is 0 Å². The first-order valence-corrected chi connectivity index (χ1v) is 9.24. The zero-order valence-corrected chi connectivity index (χ0v) is 15.2. The van der Waals surface area contributed by atoms with E-state index in [0.29, 0.717) is 0 Å². The highest BCUT2D eigenvalue weighted by molar-refractivity contribution is 9.10. The van der Waals surface area contributed by atoms with Crippen LogP contribution < -0.4 is 5.32 Å². The van der Waals surface area contributed by atoms with Crippen LogP contribution in [0.5, 0.6) is 0 Å². The maximum Gasteiger partial charge on any atom is 0.216 e. The Morgan fingerprint density at radius 1 is 0.958 bits per heavy atom. The lowest BCUT2D eigenvalue weighted by atomic mass is 10.2. The molecule has 4 rings (SSSR count). The summed E-state index contributed by atoms with van der Waals surface area (Å²) in [6, 6.07) is 18.5. The van der Waals surface area contributed by atoms with Crippen LogP contribution in [0, 0.1) is 0 Å². The highest BCUT2D eigenvalue weighted by atomic mass is 79.9. The van der Waals surface area contributed by atoms with E-state index in [0.717, 1.165) is 33.9 Å². The summed E-state index contributed by atoms with van der Waals surface area (Å²) in [4.78, 5) is 2.17. The van der Waals surface area contributed by atoms with E-state index in [2.05, 4.69) is 66.3 Å². The zero-order chi connectivity index (χ0) is 16.4. The van der Waals surface area contributed by atoms with Gasteiger partial charge in [-0.25, -0.2) is 0 Å². The summed E-state index contributed by atoms with van der Waals surface area (Å²) in [6.07, 6.45) is 2.12. The van der Waals surface area contributed by atoms with Crippen molar-refractivity contribution in [1.29, 1.82) is 0 Å². The molecule has 0 saturated carbocycles. The van der Waals surface area contributed by atoms with Crippen molar-refractivity contribution in [2.45, 2.75) is 13.1 Å². The van der Waals surface area contributed by atoms with Crippen LogP contribution in [0.3, 0.4) is 0 Å². The van der Waals surface area contributed by atoms with Gasteiger partial charge in [0.15, 0.2) is 5.82 Å². The summed E-state index contributed by atoms with van der Waals surface area (Å²) < 4.78 is 3.12. The lowest BCUT2D eigenvalue weighted by molar-refractivity contribution is 0.699. The van der Waals surface area contributed by atoms with Gasteiger partial charge in [-0.3, -0.25) is 4.40 Å². The maximum absolute atomic E-state index is 4.31. The van der Waals surface area contributed by atoms with Gasteiger partial charge in [0, 0.05) is 34.2 Å². The number of fused-ring (bicyclic) bond motifs is 1. The van der Waals surface area contributed by atoms with Crippen molar-refractivity contribution in [3.63, 3.8) is 0 Å². The van der Waals surface area contributed by atoms with Crippen LogP contribution in [-0.4, -0.2) is 14.6 Å². The fraction of sp³-hybridized carbons (Fsp3) is 0.111. The molecule has 1 N–H and O–H groups in total. The van der Waals surface area contributed by atoms with Crippen molar-refractivity contribution in [2.24, 2.45) is 0 Å². The molecule has 0 saturated heterocycles. The molecule has 0 atom stereocenters.